The SMILES string of the molecule is CC(C)(C)C(=O)N1CCSCC1C(=O)O. The van der Waals surface area contributed by atoms with Gasteiger partial charge in [0, 0.05) is 23.5 Å². The van der Waals surface area contributed by atoms with E-state index in [4.69, 9.17) is 5.11 Å². The van der Waals surface area contributed by atoms with Crippen LogP contribution in [-0.2, 0) is 9.59 Å². The fraction of sp³-hybridized carbons (Fsp3) is 0.800. The Bertz CT molecular complexity index is 272. The van der Waals surface area contributed by atoms with Crippen LogP contribution in [0.5, 0.6) is 0 Å². The molecular formula is C10H17NO3S. The van der Waals surface area contributed by atoms with Gasteiger partial charge in [0.05, 0.1) is 0 Å². The maximum atomic E-state index is 12.0. The van der Waals surface area contributed by atoms with Crippen molar-refractivity contribution in [2.45, 2.75) is 26.8 Å². The van der Waals surface area contributed by atoms with Crippen LogP contribution in [-0.4, -0.2) is 46.0 Å². The van der Waals surface area contributed by atoms with Gasteiger partial charge >= 0.3 is 5.97 Å². The van der Waals surface area contributed by atoms with Crippen LogP contribution in [0.15, 0.2) is 0 Å². The number of hydrogen-bond donors (Lipinski definition) is 1. The Kier molecular flexibility index (Phi) is 3.65. The summed E-state index contributed by atoms with van der Waals surface area (Å²) in [6, 6.07) is -0.657. The Morgan fingerprint density at radius 2 is 2.00 bits per heavy atom. The summed E-state index contributed by atoms with van der Waals surface area (Å²) in [5.41, 5.74) is -0.504. The smallest absolute Gasteiger partial charge is 0.327 e. The molecule has 0 bridgehead atoms. The summed E-state index contributed by atoms with van der Waals surface area (Å²) in [6.07, 6.45) is 0. The summed E-state index contributed by atoms with van der Waals surface area (Å²) < 4.78 is 0. The molecule has 5 heteroatoms. The van der Waals surface area contributed by atoms with Gasteiger partial charge in [-0.2, -0.15) is 11.8 Å². The van der Waals surface area contributed by atoms with Crippen LogP contribution < -0.4 is 0 Å². The zero-order chi connectivity index (χ0) is 11.6. The fourth-order valence-corrected chi connectivity index (χ4v) is 2.52. The van der Waals surface area contributed by atoms with Crippen LogP contribution in [0, 0.1) is 5.41 Å². The van der Waals surface area contributed by atoms with E-state index in [0.717, 1.165) is 5.75 Å². The zero-order valence-electron chi connectivity index (χ0n) is 9.32. The van der Waals surface area contributed by atoms with Gasteiger partial charge < -0.3 is 10.0 Å². The Labute approximate surface area is 94.0 Å². The Hall–Kier alpha value is -0.710. The molecule has 0 radical (unpaired) electrons. The summed E-state index contributed by atoms with van der Waals surface area (Å²) in [5, 5.41) is 9.02. The molecule has 1 rings (SSSR count). The maximum absolute atomic E-state index is 12.0. The van der Waals surface area contributed by atoms with Gasteiger partial charge in [0.15, 0.2) is 0 Å². The highest BCUT2D eigenvalue weighted by Gasteiger charge is 2.37. The molecule has 1 fully saturated rings. The highest BCUT2D eigenvalue weighted by atomic mass is 32.2. The molecule has 1 aliphatic rings. The van der Waals surface area contributed by atoms with Gasteiger partial charge in [-0.05, 0) is 0 Å². The number of carboxylic acids is 1. The van der Waals surface area contributed by atoms with Crippen molar-refractivity contribution in [1.29, 1.82) is 0 Å². The van der Waals surface area contributed by atoms with Crippen LogP contribution in [0.25, 0.3) is 0 Å². The highest BCUT2D eigenvalue weighted by Crippen LogP contribution is 2.24. The average Bonchev–Trinajstić information content (AvgIpc) is 2.15. The highest BCUT2D eigenvalue weighted by molar-refractivity contribution is 7.99. The summed E-state index contributed by atoms with van der Waals surface area (Å²) in [7, 11) is 0. The number of thioether (sulfide) groups is 1. The molecule has 0 aromatic carbocycles. The molecule has 1 saturated heterocycles. The number of carboxylic acid groups (broad SMARTS) is 1. The lowest BCUT2D eigenvalue weighted by atomic mass is 9.94. The number of carbonyl (C=O) groups is 2. The minimum absolute atomic E-state index is 0.0739. The van der Waals surface area contributed by atoms with E-state index in [0.29, 0.717) is 12.3 Å². The molecule has 1 amide bonds. The molecule has 0 aliphatic carbocycles. The van der Waals surface area contributed by atoms with E-state index in [1.54, 1.807) is 11.8 Å². The molecule has 1 N–H and O–H groups in total. The summed E-state index contributed by atoms with van der Waals surface area (Å²) in [4.78, 5) is 24.5. The first-order valence-corrected chi connectivity index (χ1v) is 6.11. The molecule has 0 aromatic heterocycles. The van der Waals surface area contributed by atoms with E-state index < -0.39 is 17.4 Å². The van der Waals surface area contributed by atoms with Gasteiger partial charge in [-0.25, -0.2) is 4.79 Å². The lowest BCUT2D eigenvalue weighted by Crippen LogP contribution is -2.53. The number of nitrogens with zero attached hydrogens (tertiary/aromatic N) is 1. The second kappa shape index (κ2) is 4.43. The summed E-state index contributed by atoms with van der Waals surface area (Å²) in [6.45, 7) is 5.99. The molecule has 1 atom stereocenters. The average molecular weight is 231 g/mol. The Morgan fingerprint density at radius 3 is 2.47 bits per heavy atom. The third-order valence-corrected chi connectivity index (χ3v) is 3.34. The minimum Gasteiger partial charge on any atom is -0.480 e. The van der Waals surface area contributed by atoms with Crippen molar-refractivity contribution < 1.29 is 14.7 Å². The molecule has 86 valence electrons. The van der Waals surface area contributed by atoms with Crippen LogP contribution in [0.3, 0.4) is 0 Å². The van der Waals surface area contributed by atoms with Gasteiger partial charge in [-0.1, -0.05) is 20.8 Å². The molecule has 0 spiro atoms. The van der Waals surface area contributed by atoms with E-state index in [9.17, 15) is 9.59 Å². The maximum Gasteiger partial charge on any atom is 0.327 e. The molecule has 0 aromatic rings. The molecule has 4 nitrogen and oxygen atoms in total. The van der Waals surface area contributed by atoms with Gasteiger partial charge in [0.2, 0.25) is 5.91 Å². The first-order valence-electron chi connectivity index (χ1n) is 4.95. The summed E-state index contributed by atoms with van der Waals surface area (Å²) in [5.74, 6) is 0.345. The predicted octanol–water partition coefficient (Wildman–Crippen LogP) is 1.06. The van der Waals surface area contributed by atoms with E-state index in [1.807, 2.05) is 20.8 Å². The fourth-order valence-electron chi connectivity index (χ4n) is 1.48. The number of hydrogen-bond acceptors (Lipinski definition) is 3. The van der Waals surface area contributed by atoms with Crippen molar-refractivity contribution in [3.63, 3.8) is 0 Å². The zero-order valence-corrected chi connectivity index (χ0v) is 10.1. The standard InChI is InChI=1S/C10H17NO3S/c1-10(2,3)9(14)11-4-5-15-6-7(11)8(12)13/h7H,4-6H2,1-3H3,(H,12,13). The number of rotatable bonds is 1. The van der Waals surface area contributed by atoms with E-state index in [2.05, 4.69) is 0 Å². The van der Waals surface area contributed by atoms with Crippen LogP contribution >= 0.6 is 11.8 Å². The summed E-state index contributed by atoms with van der Waals surface area (Å²) >= 11 is 1.59. The van der Waals surface area contributed by atoms with Crippen molar-refractivity contribution in [1.82, 2.24) is 4.90 Å². The third-order valence-electron chi connectivity index (χ3n) is 2.32. The van der Waals surface area contributed by atoms with Crippen molar-refractivity contribution in [2.24, 2.45) is 5.41 Å². The normalized spacial score (nSPS) is 22.6. The Balaban J connectivity index is 2.81. The Morgan fingerprint density at radius 1 is 1.40 bits per heavy atom. The third kappa shape index (κ3) is 2.87. The van der Waals surface area contributed by atoms with Crippen molar-refractivity contribution in [2.75, 3.05) is 18.1 Å². The van der Waals surface area contributed by atoms with Gasteiger partial charge in [-0.3, -0.25) is 4.79 Å². The van der Waals surface area contributed by atoms with Crippen molar-refractivity contribution in [3.8, 4) is 0 Å². The molecular weight excluding hydrogens is 214 g/mol. The van der Waals surface area contributed by atoms with Crippen LogP contribution in [0.1, 0.15) is 20.8 Å². The largest absolute Gasteiger partial charge is 0.480 e. The van der Waals surface area contributed by atoms with Gasteiger partial charge in [-0.15, -0.1) is 0 Å². The second-order valence-corrected chi connectivity index (χ2v) is 5.83. The first kappa shape index (κ1) is 12.4. The van der Waals surface area contributed by atoms with Crippen molar-refractivity contribution >= 4 is 23.6 Å². The number of carbonyl (C=O) groups excluding carboxylic acids is 1. The molecule has 1 aliphatic heterocycles. The lowest BCUT2D eigenvalue weighted by molar-refractivity contribution is -0.152. The lowest BCUT2D eigenvalue weighted by Gasteiger charge is -2.36. The molecule has 1 unspecified atom stereocenters. The minimum atomic E-state index is -0.903. The topological polar surface area (TPSA) is 57.6 Å². The first-order chi connectivity index (χ1) is 6.84. The number of aliphatic carboxylic acids is 1. The van der Waals surface area contributed by atoms with Crippen molar-refractivity contribution in [3.05, 3.63) is 0 Å². The van der Waals surface area contributed by atoms with Crippen LogP contribution in [0.4, 0.5) is 0 Å². The van der Waals surface area contributed by atoms with E-state index in [-0.39, 0.29) is 5.91 Å². The predicted molar refractivity (Wildman–Crippen MR) is 59.9 cm³/mol. The quantitative estimate of drug-likeness (QED) is 0.733. The molecule has 15 heavy (non-hydrogen) atoms. The van der Waals surface area contributed by atoms with E-state index >= 15 is 0 Å². The van der Waals surface area contributed by atoms with Gasteiger partial charge in [0.25, 0.3) is 0 Å². The molecule has 1 heterocycles. The van der Waals surface area contributed by atoms with E-state index in [1.165, 1.54) is 4.90 Å². The monoisotopic (exact) mass is 231 g/mol. The number of amides is 1. The van der Waals surface area contributed by atoms with Gasteiger partial charge in [0.1, 0.15) is 6.04 Å². The molecule has 0 saturated carbocycles. The van der Waals surface area contributed by atoms with Crippen LogP contribution in [0.2, 0.25) is 0 Å². The second-order valence-electron chi connectivity index (χ2n) is 4.68.